The molecule has 1 aliphatic heterocycles. The molecular formula is C20H20N2O5S. The van der Waals surface area contributed by atoms with Gasteiger partial charge in [-0.15, -0.1) is 0 Å². The molecule has 1 fully saturated rings. The quantitative estimate of drug-likeness (QED) is 0.737. The summed E-state index contributed by atoms with van der Waals surface area (Å²) in [5.41, 5.74) is 1.04. The molecule has 3 rings (SSSR count). The van der Waals surface area contributed by atoms with E-state index in [1.165, 1.54) is 18.1 Å². The highest BCUT2D eigenvalue weighted by molar-refractivity contribution is 7.91. The van der Waals surface area contributed by atoms with E-state index in [0.29, 0.717) is 29.2 Å². The zero-order chi connectivity index (χ0) is 20.1. The number of sulfone groups is 1. The van der Waals surface area contributed by atoms with Gasteiger partial charge in [0.05, 0.1) is 36.3 Å². The highest BCUT2D eigenvalue weighted by Crippen LogP contribution is 2.29. The SMILES string of the molecule is COc1cc(C#N)ccc1OCC(=O)N(c1ccccc1)[C@@H]1CCS(=O)(=O)C1. The van der Waals surface area contributed by atoms with Gasteiger partial charge in [-0.05, 0) is 30.7 Å². The van der Waals surface area contributed by atoms with Crippen molar-refractivity contribution >= 4 is 21.4 Å². The predicted octanol–water partition coefficient (Wildman–Crippen LogP) is 2.17. The fourth-order valence-corrected chi connectivity index (χ4v) is 4.89. The fourth-order valence-electron chi connectivity index (χ4n) is 3.19. The summed E-state index contributed by atoms with van der Waals surface area (Å²) in [7, 11) is -1.70. The van der Waals surface area contributed by atoms with Crippen molar-refractivity contribution in [3.8, 4) is 17.6 Å². The van der Waals surface area contributed by atoms with Crippen molar-refractivity contribution < 1.29 is 22.7 Å². The number of anilines is 1. The van der Waals surface area contributed by atoms with Crippen molar-refractivity contribution in [2.45, 2.75) is 12.5 Å². The van der Waals surface area contributed by atoms with Gasteiger partial charge in [-0.2, -0.15) is 5.26 Å². The summed E-state index contributed by atoms with van der Waals surface area (Å²) in [6.07, 6.45) is 0.392. The van der Waals surface area contributed by atoms with E-state index in [1.54, 1.807) is 36.4 Å². The van der Waals surface area contributed by atoms with Gasteiger partial charge in [0.1, 0.15) is 0 Å². The third kappa shape index (κ3) is 4.43. The molecule has 8 heteroatoms. The lowest BCUT2D eigenvalue weighted by Gasteiger charge is -2.28. The number of carbonyl (C=O) groups is 1. The van der Waals surface area contributed by atoms with Gasteiger partial charge in [0.15, 0.2) is 27.9 Å². The molecule has 2 aromatic rings. The Morgan fingerprint density at radius 1 is 1.21 bits per heavy atom. The molecule has 28 heavy (non-hydrogen) atoms. The number of nitrogens with zero attached hydrogens (tertiary/aromatic N) is 2. The van der Waals surface area contributed by atoms with Crippen LogP contribution in [0.1, 0.15) is 12.0 Å². The number of hydrogen-bond acceptors (Lipinski definition) is 6. The van der Waals surface area contributed by atoms with Crippen LogP contribution in [0.25, 0.3) is 0 Å². The highest BCUT2D eigenvalue weighted by Gasteiger charge is 2.35. The Morgan fingerprint density at radius 3 is 2.57 bits per heavy atom. The van der Waals surface area contributed by atoms with E-state index >= 15 is 0 Å². The van der Waals surface area contributed by atoms with E-state index in [1.807, 2.05) is 12.1 Å². The Hall–Kier alpha value is -3.05. The van der Waals surface area contributed by atoms with Crippen LogP contribution in [0.2, 0.25) is 0 Å². The summed E-state index contributed by atoms with van der Waals surface area (Å²) in [5.74, 6) is 0.343. The van der Waals surface area contributed by atoms with Crippen LogP contribution in [0.5, 0.6) is 11.5 Å². The topological polar surface area (TPSA) is 96.7 Å². The van der Waals surface area contributed by atoms with Crippen LogP contribution in [0, 0.1) is 11.3 Å². The Balaban J connectivity index is 1.80. The summed E-state index contributed by atoms with van der Waals surface area (Å²) >= 11 is 0. The lowest BCUT2D eigenvalue weighted by molar-refractivity contribution is -0.121. The Morgan fingerprint density at radius 2 is 1.96 bits per heavy atom. The lowest BCUT2D eigenvalue weighted by atomic mass is 10.2. The first kappa shape index (κ1) is 19.7. The van der Waals surface area contributed by atoms with Crippen LogP contribution in [-0.2, 0) is 14.6 Å². The van der Waals surface area contributed by atoms with E-state index in [-0.39, 0.29) is 24.0 Å². The number of amides is 1. The maximum Gasteiger partial charge on any atom is 0.265 e. The number of rotatable bonds is 6. The number of methoxy groups -OCH3 is 1. The molecule has 1 atom stereocenters. The molecular weight excluding hydrogens is 380 g/mol. The second kappa shape index (κ2) is 8.31. The second-order valence-electron chi connectivity index (χ2n) is 6.42. The highest BCUT2D eigenvalue weighted by atomic mass is 32.2. The van der Waals surface area contributed by atoms with Gasteiger partial charge in [-0.1, -0.05) is 18.2 Å². The van der Waals surface area contributed by atoms with Gasteiger partial charge in [0.2, 0.25) is 0 Å². The molecule has 0 aromatic heterocycles. The van der Waals surface area contributed by atoms with E-state index in [4.69, 9.17) is 14.7 Å². The summed E-state index contributed by atoms with van der Waals surface area (Å²) < 4.78 is 34.7. The summed E-state index contributed by atoms with van der Waals surface area (Å²) in [5, 5.41) is 8.97. The van der Waals surface area contributed by atoms with Crippen molar-refractivity contribution in [3.05, 3.63) is 54.1 Å². The van der Waals surface area contributed by atoms with Gasteiger partial charge in [0.25, 0.3) is 5.91 Å². The summed E-state index contributed by atoms with van der Waals surface area (Å²) in [6.45, 7) is -0.284. The maximum atomic E-state index is 13.0. The normalized spacial score (nSPS) is 17.5. The van der Waals surface area contributed by atoms with Crippen molar-refractivity contribution in [3.63, 3.8) is 0 Å². The van der Waals surface area contributed by atoms with Crippen LogP contribution in [0.4, 0.5) is 5.69 Å². The van der Waals surface area contributed by atoms with Gasteiger partial charge >= 0.3 is 0 Å². The summed E-state index contributed by atoms with van der Waals surface area (Å²) in [6, 6.07) is 15.2. The first-order valence-corrected chi connectivity index (χ1v) is 10.5. The minimum Gasteiger partial charge on any atom is -0.493 e. The van der Waals surface area contributed by atoms with Crippen molar-refractivity contribution in [2.75, 3.05) is 30.1 Å². The van der Waals surface area contributed by atoms with Crippen LogP contribution in [0.3, 0.4) is 0 Å². The van der Waals surface area contributed by atoms with Crippen LogP contribution >= 0.6 is 0 Å². The van der Waals surface area contributed by atoms with E-state index in [9.17, 15) is 13.2 Å². The third-order valence-corrected chi connectivity index (χ3v) is 6.27. The zero-order valence-corrected chi connectivity index (χ0v) is 16.2. The first-order chi connectivity index (χ1) is 13.4. The monoisotopic (exact) mass is 400 g/mol. The molecule has 0 saturated carbocycles. The lowest BCUT2D eigenvalue weighted by Crippen LogP contribution is -2.43. The largest absolute Gasteiger partial charge is 0.493 e. The predicted molar refractivity (Wildman–Crippen MR) is 104 cm³/mol. The number of hydrogen-bond donors (Lipinski definition) is 0. The average molecular weight is 400 g/mol. The molecule has 1 heterocycles. The maximum absolute atomic E-state index is 13.0. The van der Waals surface area contributed by atoms with Crippen LogP contribution < -0.4 is 14.4 Å². The Kier molecular flexibility index (Phi) is 5.85. The number of carbonyl (C=O) groups excluding carboxylic acids is 1. The minimum absolute atomic E-state index is 0.0617. The Labute approximate surface area is 164 Å². The fraction of sp³-hybridized carbons (Fsp3) is 0.300. The third-order valence-electron chi connectivity index (χ3n) is 4.52. The van der Waals surface area contributed by atoms with Crippen molar-refractivity contribution in [1.29, 1.82) is 5.26 Å². The minimum atomic E-state index is -3.15. The molecule has 146 valence electrons. The van der Waals surface area contributed by atoms with Crippen molar-refractivity contribution in [2.24, 2.45) is 0 Å². The van der Waals surface area contributed by atoms with E-state index in [0.717, 1.165) is 0 Å². The van der Waals surface area contributed by atoms with Crippen LogP contribution in [0.15, 0.2) is 48.5 Å². The Bertz CT molecular complexity index is 999. The average Bonchev–Trinajstić information content (AvgIpc) is 3.06. The van der Waals surface area contributed by atoms with Crippen LogP contribution in [-0.4, -0.2) is 45.6 Å². The van der Waals surface area contributed by atoms with Crippen molar-refractivity contribution in [1.82, 2.24) is 0 Å². The molecule has 7 nitrogen and oxygen atoms in total. The molecule has 2 aromatic carbocycles. The second-order valence-corrected chi connectivity index (χ2v) is 8.65. The van der Waals surface area contributed by atoms with Gasteiger partial charge < -0.3 is 14.4 Å². The first-order valence-electron chi connectivity index (χ1n) is 8.72. The molecule has 0 unspecified atom stereocenters. The standard InChI is InChI=1S/C20H20N2O5S/c1-26-19-11-15(12-21)7-8-18(19)27-13-20(23)22(16-5-3-2-4-6-16)17-9-10-28(24,25)14-17/h2-8,11,17H,9-10,13-14H2,1H3/t17-/m1/s1. The molecule has 0 radical (unpaired) electrons. The number of para-hydroxylation sites is 1. The van der Waals surface area contributed by atoms with Gasteiger partial charge in [-0.3, -0.25) is 4.79 Å². The molecule has 0 aliphatic carbocycles. The molecule has 0 N–H and O–H groups in total. The van der Waals surface area contributed by atoms with Gasteiger partial charge in [0, 0.05) is 11.8 Å². The smallest absolute Gasteiger partial charge is 0.265 e. The molecule has 0 spiro atoms. The zero-order valence-electron chi connectivity index (χ0n) is 15.4. The molecule has 1 aliphatic rings. The molecule has 0 bridgehead atoms. The number of benzene rings is 2. The number of nitriles is 1. The molecule has 1 amide bonds. The van der Waals surface area contributed by atoms with Gasteiger partial charge in [-0.25, -0.2) is 8.42 Å². The van der Waals surface area contributed by atoms with E-state index in [2.05, 4.69) is 0 Å². The molecule has 1 saturated heterocycles. The number of ether oxygens (including phenoxy) is 2. The van der Waals surface area contributed by atoms with E-state index < -0.39 is 15.9 Å². The summed E-state index contributed by atoms with van der Waals surface area (Å²) in [4.78, 5) is 14.5.